The Morgan fingerprint density at radius 1 is 1.53 bits per heavy atom. The van der Waals surface area contributed by atoms with Gasteiger partial charge in [-0.15, -0.1) is 0 Å². The van der Waals surface area contributed by atoms with E-state index in [9.17, 15) is 0 Å². The summed E-state index contributed by atoms with van der Waals surface area (Å²) in [5.41, 5.74) is 5.68. The molecule has 5 heteroatoms. The lowest BCUT2D eigenvalue weighted by molar-refractivity contribution is 0.00768. The zero-order valence-electron chi connectivity index (χ0n) is 10.8. The van der Waals surface area contributed by atoms with Crippen LogP contribution in [0.2, 0.25) is 0 Å². The molecule has 0 bridgehead atoms. The van der Waals surface area contributed by atoms with E-state index in [0.717, 1.165) is 25.9 Å². The van der Waals surface area contributed by atoms with Gasteiger partial charge >= 0.3 is 0 Å². The van der Waals surface area contributed by atoms with Gasteiger partial charge in [0.25, 0.3) is 0 Å². The Hall–Kier alpha value is -0.940. The monoisotopic (exact) mass is 239 g/mol. The molecule has 0 aromatic carbocycles. The fraction of sp³-hybridized carbons (Fsp3) is 0.833. The first-order valence-corrected chi connectivity index (χ1v) is 6.30. The van der Waals surface area contributed by atoms with E-state index >= 15 is 0 Å². The van der Waals surface area contributed by atoms with Crippen LogP contribution < -0.4 is 5.73 Å². The predicted octanol–water partition coefficient (Wildman–Crippen LogP) is 2.14. The van der Waals surface area contributed by atoms with Crippen LogP contribution >= 0.6 is 0 Å². The third kappa shape index (κ3) is 2.35. The minimum atomic E-state index is -0.392. The zero-order chi connectivity index (χ0) is 12.5. The first kappa shape index (κ1) is 12.5. The number of aromatic nitrogens is 2. The van der Waals surface area contributed by atoms with E-state index in [1.54, 1.807) is 0 Å². The Balaban J connectivity index is 2.15. The molecule has 0 amide bonds. The highest BCUT2D eigenvalue weighted by Gasteiger charge is 2.37. The van der Waals surface area contributed by atoms with Gasteiger partial charge in [0, 0.05) is 6.61 Å². The molecule has 2 N–H and O–H groups in total. The molecule has 1 fully saturated rings. The summed E-state index contributed by atoms with van der Waals surface area (Å²) in [6.45, 7) is 6.95. The van der Waals surface area contributed by atoms with Crippen LogP contribution in [0.15, 0.2) is 4.52 Å². The van der Waals surface area contributed by atoms with Gasteiger partial charge in [-0.05, 0) is 25.7 Å². The van der Waals surface area contributed by atoms with Crippen LogP contribution in [-0.2, 0) is 10.3 Å². The van der Waals surface area contributed by atoms with Crippen LogP contribution in [0.4, 0.5) is 0 Å². The molecule has 0 aliphatic carbocycles. The average molecular weight is 239 g/mol. The third-order valence-corrected chi connectivity index (χ3v) is 3.68. The second-order valence-corrected chi connectivity index (χ2v) is 5.05. The molecule has 5 nitrogen and oxygen atoms in total. The molecular weight excluding hydrogens is 218 g/mol. The molecule has 1 aliphatic heterocycles. The summed E-state index contributed by atoms with van der Waals surface area (Å²) >= 11 is 0. The van der Waals surface area contributed by atoms with Crippen molar-refractivity contribution in [3.8, 4) is 0 Å². The Bertz CT molecular complexity index is 372. The summed E-state index contributed by atoms with van der Waals surface area (Å²) in [5, 5.41) is 4.02. The molecule has 2 unspecified atom stereocenters. The molecule has 2 heterocycles. The molecule has 17 heavy (non-hydrogen) atoms. The van der Waals surface area contributed by atoms with Crippen molar-refractivity contribution in [3.05, 3.63) is 11.7 Å². The minimum absolute atomic E-state index is 0.189. The number of ether oxygens (including phenoxy) is 1. The average Bonchev–Trinajstić information content (AvgIpc) is 2.96. The van der Waals surface area contributed by atoms with E-state index in [4.69, 9.17) is 15.0 Å². The van der Waals surface area contributed by atoms with Gasteiger partial charge in [-0.2, -0.15) is 4.98 Å². The number of nitrogens with two attached hydrogens (primary N) is 1. The number of rotatable bonds is 4. The molecule has 1 aromatic rings. The minimum Gasteiger partial charge on any atom is -0.367 e. The van der Waals surface area contributed by atoms with Crippen molar-refractivity contribution in [2.75, 3.05) is 6.61 Å². The summed E-state index contributed by atoms with van der Waals surface area (Å²) in [4.78, 5) is 4.41. The highest BCUT2D eigenvalue weighted by Crippen LogP contribution is 2.34. The molecule has 1 aromatic heterocycles. The van der Waals surface area contributed by atoms with Gasteiger partial charge in [0.05, 0.1) is 6.04 Å². The lowest BCUT2D eigenvalue weighted by Gasteiger charge is -2.18. The van der Waals surface area contributed by atoms with E-state index in [1.807, 2.05) is 6.92 Å². The summed E-state index contributed by atoms with van der Waals surface area (Å²) in [7, 11) is 0. The summed E-state index contributed by atoms with van der Waals surface area (Å²) in [6.07, 6.45) is 2.97. The Kier molecular flexibility index (Phi) is 3.49. The third-order valence-electron chi connectivity index (χ3n) is 3.68. The molecule has 0 radical (unpaired) electrons. The van der Waals surface area contributed by atoms with E-state index in [0.29, 0.717) is 17.6 Å². The smallest absolute Gasteiger partial charge is 0.243 e. The molecule has 2 rings (SSSR count). The summed E-state index contributed by atoms with van der Waals surface area (Å²) in [5.74, 6) is 1.48. The maximum Gasteiger partial charge on any atom is 0.243 e. The Morgan fingerprint density at radius 3 is 2.88 bits per heavy atom. The van der Waals surface area contributed by atoms with E-state index in [2.05, 4.69) is 24.0 Å². The second kappa shape index (κ2) is 4.74. The van der Waals surface area contributed by atoms with Crippen molar-refractivity contribution < 1.29 is 9.26 Å². The van der Waals surface area contributed by atoms with Crippen LogP contribution in [0.3, 0.4) is 0 Å². The lowest BCUT2D eigenvalue weighted by atomic mass is 9.99. The molecule has 1 saturated heterocycles. The lowest BCUT2D eigenvalue weighted by Crippen LogP contribution is -2.23. The largest absolute Gasteiger partial charge is 0.367 e. The Morgan fingerprint density at radius 2 is 2.29 bits per heavy atom. The van der Waals surface area contributed by atoms with Crippen molar-refractivity contribution in [2.45, 2.75) is 51.7 Å². The molecule has 3 atom stereocenters. The van der Waals surface area contributed by atoms with Crippen LogP contribution in [-0.4, -0.2) is 16.7 Å². The standard InChI is InChI=1S/C12H21N3O2/c1-4-8(2)9(13)10-14-11(15-17-10)12(3)6-5-7-16-12/h8-9H,4-7,13H2,1-3H3/t8?,9-,12?/m0/s1. The van der Waals surface area contributed by atoms with Crippen molar-refractivity contribution >= 4 is 0 Å². The van der Waals surface area contributed by atoms with Gasteiger partial charge in [-0.3, -0.25) is 0 Å². The van der Waals surface area contributed by atoms with E-state index in [-0.39, 0.29) is 6.04 Å². The van der Waals surface area contributed by atoms with Gasteiger partial charge in [0.15, 0.2) is 0 Å². The second-order valence-electron chi connectivity index (χ2n) is 5.05. The molecule has 1 aliphatic rings. The SMILES string of the molecule is CCC(C)[C@H](N)c1nc(C2(C)CCCO2)no1. The van der Waals surface area contributed by atoms with Gasteiger partial charge in [-0.25, -0.2) is 0 Å². The van der Waals surface area contributed by atoms with Crippen LogP contribution in [0.5, 0.6) is 0 Å². The highest BCUT2D eigenvalue weighted by atomic mass is 16.5. The molecule has 0 saturated carbocycles. The molecular formula is C12H21N3O2. The Labute approximate surface area is 102 Å². The van der Waals surface area contributed by atoms with Crippen LogP contribution in [0.25, 0.3) is 0 Å². The first-order chi connectivity index (χ1) is 8.07. The first-order valence-electron chi connectivity index (χ1n) is 6.30. The van der Waals surface area contributed by atoms with Gasteiger partial charge in [-0.1, -0.05) is 25.4 Å². The van der Waals surface area contributed by atoms with E-state index < -0.39 is 5.60 Å². The normalized spacial score (nSPS) is 28.2. The van der Waals surface area contributed by atoms with Gasteiger partial charge in [0.2, 0.25) is 11.7 Å². The van der Waals surface area contributed by atoms with Crippen molar-refractivity contribution in [1.82, 2.24) is 10.1 Å². The van der Waals surface area contributed by atoms with Crippen molar-refractivity contribution in [1.29, 1.82) is 0 Å². The summed E-state index contributed by atoms with van der Waals surface area (Å²) < 4.78 is 10.9. The predicted molar refractivity (Wildman–Crippen MR) is 63.2 cm³/mol. The number of hydrogen-bond acceptors (Lipinski definition) is 5. The topological polar surface area (TPSA) is 74.2 Å². The number of nitrogens with zero attached hydrogens (tertiary/aromatic N) is 2. The maximum absolute atomic E-state index is 6.07. The van der Waals surface area contributed by atoms with Crippen molar-refractivity contribution in [2.24, 2.45) is 11.7 Å². The molecule has 96 valence electrons. The van der Waals surface area contributed by atoms with Crippen LogP contribution in [0, 0.1) is 5.92 Å². The zero-order valence-corrected chi connectivity index (χ0v) is 10.8. The van der Waals surface area contributed by atoms with Crippen LogP contribution in [0.1, 0.15) is 57.8 Å². The number of hydrogen-bond donors (Lipinski definition) is 1. The van der Waals surface area contributed by atoms with Gasteiger partial charge in [0.1, 0.15) is 5.60 Å². The highest BCUT2D eigenvalue weighted by molar-refractivity contribution is 5.03. The van der Waals surface area contributed by atoms with Gasteiger partial charge < -0.3 is 15.0 Å². The maximum atomic E-state index is 6.07. The molecule has 0 spiro atoms. The van der Waals surface area contributed by atoms with Crippen molar-refractivity contribution in [3.63, 3.8) is 0 Å². The fourth-order valence-corrected chi connectivity index (χ4v) is 2.04. The van der Waals surface area contributed by atoms with E-state index in [1.165, 1.54) is 0 Å². The quantitative estimate of drug-likeness (QED) is 0.871. The fourth-order valence-electron chi connectivity index (χ4n) is 2.04. The summed E-state index contributed by atoms with van der Waals surface area (Å²) in [6, 6.07) is -0.189.